The third-order valence-electron chi connectivity index (χ3n) is 3.49. The molecule has 21 heavy (non-hydrogen) atoms. The number of carbonyl (C=O) groups excluding carboxylic acids is 1. The summed E-state index contributed by atoms with van der Waals surface area (Å²) in [6.07, 6.45) is 0.388. The molecule has 0 N–H and O–H groups in total. The maximum atomic E-state index is 12.2. The predicted octanol–water partition coefficient (Wildman–Crippen LogP) is 3.51. The summed E-state index contributed by atoms with van der Waals surface area (Å²) in [5, 5.41) is 3.72. The highest BCUT2D eigenvalue weighted by atomic mass is 32.2. The zero-order chi connectivity index (χ0) is 14.7. The third-order valence-corrected chi connectivity index (χ3v) is 5.58. The van der Waals surface area contributed by atoms with E-state index in [9.17, 15) is 4.79 Å². The summed E-state index contributed by atoms with van der Waals surface area (Å²) in [6.45, 7) is 4.35. The average molecular weight is 318 g/mol. The summed E-state index contributed by atoms with van der Waals surface area (Å²) >= 11 is 3.66. The van der Waals surface area contributed by atoms with E-state index in [1.807, 2.05) is 47.5 Å². The first kappa shape index (κ1) is 14.6. The largest absolute Gasteiger partial charge is 0.346 e. The van der Waals surface area contributed by atoms with Gasteiger partial charge < -0.3 is 4.90 Å². The van der Waals surface area contributed by atoms with Gasteiger partial charge in [-0.1, -0.05) is 37.3 Å². The lowest BCUT2D eigenvalue weighted by Gasteiger charge is -2.30. The second-order valence-electron chi connectivity index (χ2n) is 5.21. The molecule has 0 aliphatic carbocycles. The molecule has 2 aromatic rings. The van der Waals surface area contributed by atoms with Crippen LogP contribution in [0.4, 0.5) is 5.13 Å². The molecular weight excluding hydrogens is 300 g/mol. The number of carbonyl (C=O) groups is 1. The van der Waals surface area contributed by atoms with Gasteiger partial charge in [-0.25, -0.2) is 4.98 Å². The number of Topliss-reactive ketones (excluding diaryl/α,β-unsaturated/α-hetero) is 1. The first-order chi connectivity index (χ1) is 10.2. The number of thioether (sulfide) groups is 1. The lowest BCUT2D eigenvalue weighted by Crippen LogP contribution is -2.36. The summed E-state index contributed by atoms with van der Waals surface area (Å²) < 4.78 is 0. The molecule has 1 atom stereocenters. The normalized spacial score (nSPS) is 18.7. The van der Waals surface area contributed by atoms with Crippen molar-refractivity contribution < 1.29 is 4.79 Å². The molecular formula is C16H18N2OS2. The molecule has 1 aliphatic heterocycles. The standard InChI is InChI=1S/C16H18N2OS2/c1-12-10-18(7-8-20-12)16-17-14(11-21-16)9-15(19)13-5-3-2-4-6-13/h2-6,11-12H,7-10H2,1H3. The summed E-state index contributed by atoms with van der Waals surface area (Å²) in [5.74, 6) is 1.29. The van der Waals surface area contributed by atoms with Gasteiger partial charge in [-0.2, -0.15) is 11.8 Å². The Morgan fingerprint density at radius 1 is 1.38 bits per heavy atom. The monoisotopic (exact) mass is 318 g/mol. The van der Waals surface area contributed by atoms with Crippen LogP contribution in [-0.2, 0) is 6.42 Å². The van der Waals surface area contributed by atoms with E-state index in [4.69, 9.17) is 0 Å². The van der Waals surface area contributed by atoms with Crippen LogP contribution in [0.2, 0.25) is 0 Å². The Morgan fingerprint density at radius 2 is 2.19 bits per heavy atom. The van der Waals surface area contributed by atoms with E-state index >= 15 is 0 Å². The number of thiazole rings is 1. The Kier molecular flexibility index (Phi) is 4.60. The highest BCUT2D eigenvalue weighted by molar-refractivity contribution is 8.00. The van der Waals surface area contributed by atoms with Crippen LogP contribution in [0.1, 0.15) is 23.0 Å². The number of rotatable bonds is 4. The fourth-order valence-electron chi connectivity index (χ4n) is 2.41. The molecule has 1 saturated heterocycles. The zero-order valence-corrected chi connectivity index (χ0v) is 13.6. The van der Waals surface area contributed by atoms with Crippen LogP contribution in [0, 0.1) is 0 Å². The van der Waals surface area contributed by atoms with E-state index in [2.05, 4.69) is 16.8 Å². The van der Waals surface area contributed by atoms with Gasteiger partial charge in [0.05, 0.1) is 12.1 Å². The van der Waals surface area contributed by atoms with E-state index in [1.165, 1.54) is 0 Å². The minimum absolute atomic E-state index is 0.134. The van der Waals surface area contributed by atoms with Crippen LogP contribution >= 0.6 is 23.1 Å². The lowest BCUT2D eigenvalue weighted by atomic mass is 10.1. The summed E-state index contributed by atoms with van der Waals surface area (Å²) in [6, 6.07) is 9.44. The van der Waals surface area contributed by atoms with Crippen LogP contribution in [0.25, 0.3) is 0 Å². The lowest BCUT2D eigenvalue weighted by molar-refractivity contribution is 0.0992. The van der Waals surface area contributed by atoms with Gasteiger partial charge in [-0.3, -0.25) is 4.79 Å². The van der Waals surface area contributed by atoms with Gasteiger partial charge in [0, 0.05) is 35.0 Å². The third kappa shape index (κ3) is 3.66. The molecule has 0 spiro atoms. The number of benzene rings is 1. The van der Waals surface area contributed by atoms with Crippen LogP contribution in [-0.4, -0.2) is 34.9 Å². The Bertz CT molecular complexity index is 612. The molecule has 110 valence electrons. The van der Waals surface area contributed by atoms with Crippen molar-refractivity contribution in [3.05, 3.63) is 47.0 Å². The topological polar surface area (TPSA) is 33.2 Å². The SMILES string of the molecule is CC1CN(c2nc(CC(=O)c3ccccc3)cs2)CCS1. The Hall–Kier alpha value is -1.33. The molecule has 1 unspecified atom stereocenters. The van der Waals surface area contributed by atoms with E-state index in [0.717, 1.165) is 35.2 Å². The molecule has 5 heteroatoms. The van der Waals surface area contributed by atoms with Crippen LogP contribution in [0.3, 0.4) is 0 Å². The summed E-state index contributed by atoms with van der Waals surface area (Å²) in [5.41, 5.74) is 1.64. The smallest absolute Gasteiger partial charge is 0.185 e. The Labute approximate surface area is 133 Å². The highest BCUT2D eigenvalue weighted by Crippen LogP contribution is 2.27. The molecule has 0 saturated carbocycles. The quantitative estimate of drug-likeness (QED) is 0.808. The van der Waals surface area contributed by atoms with Gasteiger partial charge in [0.25, 0.3) is 0 Å². The fourth-order valence-corrected chi connectivity index (χ4v) is 4.28. The Balaban J connectivity index is 1.66. The average Bonchev–Trinajstić information content (AvgIpc) is 2.97. The van der Waals surface area contributed by atoms with Gasteiger partial charge in [0.15, 0.2) is 10.9 Å². The second-order valence-corrected chi connectivity index (χ2v) is 7.60. The Morgan fingerprint density at radius 3 is 2.95 bits per heavy atom. The summed E-state index contributed by atoms with van der Waals surface area (Å²) in [4.78, 5) is 19.2. The first-order valence-corrected chi connectivity index (χ1v) is 9.04. The van der Waals surface area contributed by atoms with Crippen molar-refractivity contribution in [2.24, 2.45) is 0 Å². The molecule has 2 heterocycles. The molecule has 1 aliphatic rings. The van der Waals surface area contributed by atoms with Crippen molar-refractivity contribution in [2.45, 2.75) is 18.6 Å². The number of aromatic nitrogens is 1. The van der Waals surface area contributed by atoms with Crippen molar-refractivity contribution in [2.75, 3.05) is 23.7 Å². The summed E-state index contributed by atoms with van der Waals surface area (Å²) in [7, 11) is 0. The van der Waals surface area contributed by atoms with Gasteiger partial charge in [-0.15, -0.1) is 11.3 Å². The van der Waals surface area contributed by atoms with Gasteiger partial charge >= 0.3 is 0 Å². The van der Waals surface area contributed by atoms with Crippen molar-refractivity contribution >= 4 is 34.0 Å². The zero-order valence-electron chi connectivity index (χ0n) is 12.0. The van der Waals surface area contributed by atoms with E-state index in [0.29, 0.717) is 11.7 Å². The molecule has 1 fully saturated rings. The van der Waals surface area contributed by atoms with E-state index in [-0.39, 0.29) is 5.78 Å². The fraction of sp³-hybridized carbons (Fsp3) is 0.375. The minimum atomic E-state index is 0.134. The van der Waals surface area contributed by atoms with Crippen LogP contribution in [0.15, 0.2) is 35.7 Å². The van der Waals surface area contributed by atoms with Gasteiger partial charge in [-0.05, 0) is 0 Å². The van der Waals surface area contributed by atoms with Gasteiger partial charge in [0.2, 0.25) is 0 Å². The second kappa shape index (κ2) is 6.62. The number of nitrogens with zero attached hydrogens (tertiary/aromatic N) is 2. The van der Waals surface area contributed by atoms with Crippen LogP contribution in [0.5, 0.6) is 0 Å². The van der Waals surface area contributed by atoms with Crippen molar-refractivity contribution in [1.29, 1.82) is 0 Å². The van der Waals surface area contributed by atoms with Crippen LogP contribution < -0.4 is 4.90 Å². The number of ketones is 1. The number of hydrogen-bond acceptors (Lipinski definition) is 5. The van der Waals surface area contributed by atoms with Crippen molar-refractivity contribution in [3.63, 3.8) is 0 Å². The predicted molar refractivity (Wildman–Crippen MR) is 90.7 cm³/mol. The maximum Gasteiger partial charge on any atom is 0.185 e. The maximum absolute atomic E-state index is 12.2. The molecule has 1 aromatic heterocycles. The molecule has 0 bridgehead atoms. The minimum Gasteiger partial charge on any atom is -0.346 e. The first-order valence-electron chi connectivity index (χ1n) is 7.11. The highest BCUT2D eigenvalue weighted by Gasteiger charge is 2.20. The molecule has 0 radical (unpaired) electrons. The molecule has 0 amide bonds. The molecule has 3 rings (SSSR count). The molecule has 1 aromatic carbocycles. The number of anilines is 1. The van der Waals surface area contributed by atoms with Crippen molar-refractivity contribution in [3.8, 4) is 0 Å². The van der Waals surface area contributed by atoms with E-state index < -0.39 is 0 Å². The van der Waals surface area contributed by atoms with E-state index in [1.54, 1.807) is 11.3 Å². The van der Waals surface area contributed by atoms with Crippen molar-refractivity contribution in [1.82, 2.24) is 4.98 Å². The number of hydrogen-bond donors (Lipinski definition) is 0. The van der Waals surface area contributed by atoms with Gasteiger partial charge in [0.1, 0.15) is 0 Å². The molecule has 3 nitrogen and oxygen atoms in total.